The summed E-state index contributed by atoms with van der Waals surface area (Å²) in [5.41, 5.74) is -4.21. The Morgan fingerprint density at radius 3 is 2.03 bits per heavy atom. The van der Waals surface area contributed by atoms with E-state index in [4.69, 9.17) is 4.74 Å². The van der Waals surface area contributed by atoms with Crippen molar-refractivity contribution in [2.45, 2.75) is 30.8 Å². The SMILES string of the molecule is COCOC(COc1ccc(C(=O)C[S+]2CCCC2)cc1)(C(F)(F)F)C(F)(F)F. The quantitative estimate of drug-likeness (QED) is 0.247. The van der Waals surface area contributed by atoms with Crippen molar-refractivity contribution in [2.24, 2.45) is 0 Å². The van der Waals surface area contributed by atoms with Gasteiger partial charge in [0.2, 0.25) is 5.78 Å². The largest absolute Gasteiger partial charge is 0.490 e. The Kier molecular flexibility index (Phi) is 7.86. The third-order valence-electron chi connectivity index (χ3n) is 4.41. The number of Topliss-reactive ketones (excluding diaryl/α,β-unsaturated/α-hetero) is 1. The number of hydrogen-bond donors (Lipinski definition) is 0. The van der Waals surface area contributed by atoms with E-state index in [-0.39, 0.29) is 22.4 Å². The molecule has 0 atom stereocenters. The highest BCUT2D eigenvalue weighted by atomic mass is 32.2. The molecule has 1 heterocycles. The summed E-state index contributed by atoms with van der Waals surface area (Å²) in [5.74, 6) is 2.06. The van der Waals surface area contributed by atoms with E-state index < -0.39 is 31.4 Å². The zero-order valence-electron chi connectivity index (χ0n) is 15.6. The molecule has 0 unspecified atom stereocenters. The lowest BCUT2D eigenvalue weighted by Crippen LogP contribution is -2.62. The molecule has 0 saturated carbocycles. The van der Waals surface area contributed by atoms with Crippen LogP contribution in [0.2, 0.25) is 0 Å². The summed E-state index contributed by atoms with van der Waals surface area (Å²) in [5, 5.41) is 0. The van der Waals surface area contributed by atoms with Crippen molar-refractivity contribution in [1.29, 1.82) is 0 Å². The molecule has 1 saturated heterocycles. The highest BCUT2D eigenvalue weighted by Crippen LogP contribution is 2.46. The fraction of sp³-hybridized carbons (Fsp3) is 0.611. The zero-order valence-corrected chi connectivity index (χ0v) is 16.4. The van der Waals surface area contributed by atoms with E-state index in [1.54, 1.807) is 0 Å². The van der Waals surface area contributed by atoms with E-state index in [1.165, 1.54) is 24.3 Å². The molecule has 0 spiro atoms. The fourth-order valence-corrected chi connectivity index (χ4v) is 4.99. The summed E-state index contributed by atoms with van der Waals surface area (Å²) in [4.78, 5) is 12.2. The van der Waals surface area contributed by atoms with Crippen molar-refractivity contribution in [1.82, 2.24) is 0 Å². The number of rotatable bonds is 9. The molecule has 0 aromatic heterocycles. The third kappa shape index (κ3) is 5.79. The topological polar surface area (TPSA) is 44.8 Å². The molecule has 2 rings (SSSR count). The Balaban J connectivity index is 2.09. The van der Waals surface area contributed by atoms with Gasteiger partial charge in [-0.15, -0.1) is 0 Å². The minimum atomic E-state index is -5.79. The average molecular weight is 447 g/mol. The minimum Gasteiger partial charge on any atom is -0.490 e. The molecule has 1 aliphatic heterocycles. The number of ether oxygens (including phenoxy) is 3. The van der Waals surface area contributed by atoms with Gasteiger partial charge in [0.25, 0.3) is 5.60 Å². The van der Waals surface area contributed by atoms with Crippen molar-refractivity contribution < 1.29 is 45.3 Å². The Bertz CT molecular complexity index is 654. The first-order valence-corrected chi connectivity index (χ1v) is 10.4. The summed E-state index contributed by atoms with van der Waals surface area (Å²) >= 11 is 0. The Morgan fingerprint density at radius 2 is 1.55 bits per heavy atom. The highest BCUT2D eigenvalue weighted by molar-refractivity contribution is 7.97. The van der Waals surface area contributed by atoms with Crippen LogP contribution in [0, 0.1) is 0 Å². The van der Waals surface area contributed by atoms with Crippen LogP contribution in [0.25, 0.3) is 0 Å². The molecule has 0 amide bonds. The first-order valence-electron chi connectivity index (χ1n) is 8.67. The standard InChI is InChI=1S/C18H21F6O4S/c1-26-12-28-16(17(19,20)21,18(22,23)24)11-27-14-6-4-13(5-7-14)15(25)10-29-8-2-3-9-29/h4-7H,2-3,8-12H2,1H3/q+1. The summed E-state index contributed by atoms with van der Waals surface area (Å²) < 4.78 is 92.4. The molecule has 1 aliphatic rings. The molecule has 1 fully saturated rings. The van der Waals surface area contributed by atoms with Crippen molar-refractivity contribution in [3.63, 3.8) is 0 Å². The van der Waals surface area contributed by atoms with Crippen LogP contribution in [0.4, 0.5) is 26.3 Å². The van der Waals surface area contributed by atoms with Crippen LogP contribution in [0.15, 0.2) is 24.3 Å². The van der Waals surface area contributed by atoms with Crippen LogP contribution in [0.3, 0.4) is 0 Å². The average Bonchev–Trinajstić information content (AvgIpc) is 3.13. The molecule has 164 valence electrons. The number of carbonyl (C=O) groups excluding carboxylic acids is 1. The number of alkyl halides is 6. The number of carbonyl (C=O) groups is 1. The summed E-state index contributed by atoms with van der Waals surface area (Å²) in [6, 6.07) is 4.99. The monoisotopic (exact) mass is 447 g/mol. The fourth-order valence-electron chi connectivity index (χ4n) is 2.74. The van der Waals surface area contributed by atoms with E-state index in [0.29, 0.717) is 11.3 Å². The summed E-state index contributed by atoms with van der Waals surface area (Å²) in [6.07, 6.45) is -9.40. The van der Waals surface area contributed by atoms with Crippen molar-refractivity contribution in [2.75, 3.05) is 37.8 Å². The summed E-state index contributed by atoms with van der Waals surface area (Å²) in [7, 11) is 0.942. The number of benzene rings is 1. The van der Waals surface area contributed by atoms with Crippen molar-refractivity contribution in [3.8, 4) is 5.75 Å². The molecule has 0 radical (unpaired) electrons. The van der Waals surface area contributed by atoms with Gasteiger partial charge in [0.05, 0.1) is 0 Å². The Labute approximate surface area is 166 Å². The number of hydrogen-bond acceptors (Lipinski definition) is 4. The van der Waals surface area contributed by atoms with Crippen LogP contribution in [-0.4, -0.2) is 61.5 Å². The van der Waals surface area contributed by atoms with Gasteiger partial charge in [0.1, 0.15) is 30.7 Å². The van der Waals surface area contributed by atoms with Gasteiger partial charge in [0, 0.05) is 12.7 Å². The lowest BCUT2D eigenvalue weighted by atomic mass is 10.0. The normalized spacial score (nSPS) is 16.2. The second kappa shape index (κ2) is 9.57. The van der Waals surface area contributed by atoms with Crippen LogP contribution < -0.4 is 4.74 Å². The lowest BCUT2D eigenvalue weighted by molar-refractivity contribution is -0.397. The second-order valence-electron chi connectivity index (χ2n) is 6.48. The molecule has 0 aliphatic carbocycles. The molecule has 1 aromatic rings. The Morgan fingerprint density at radius 1 is 1.00 bits per heavy atom. The van der Waals surface area contributed by atoms with E-state index in [0.717, 1.165) is 31.5 Å². The van der Waals surface area contributed by atoms with Crippen molar-refractivity contribution in [3.05, 3.63) is 29.8 Å². The van der Waals surface area contributed by atoms with Gasteiger partial charge in [-0.05, 0) is 48.0 Å². The molecule has 1 aromatic carbocycles. The summed E-state index contributed by atoms with van der Waals surface area (Å²) in [6.45, 7) is -3.07. The van der Waals surface area contributed by atoms with Gasteiger partial charge in [-0.1, -0.05) is 0 Å². The zero-order chi connectivity index (χ0) is 21.7. The molecular formula is C18H21F6O4S+. The molecule has 29 heavy (non-hydrogen) atoms. The minimum absolute atomic E-state index is 0.0390. The van der Waals surface area contributed by atoms with E-state index >= 15 is 0 Å². The maximum atomic E-state index is 13.2. The lowest BCUT2D eigenvalue weighted by Gasteiger charge is -2.36. The van der Waals surface area contributed by atoms with Gasteiger partial charge in [-0.2, -0.15) is 26.3 Å². The smallest absolute Gasteiger partial charge is 0.430 e. The molecular weight excluding hydrogens is 426 g/mol. The molecule has 0 N–H and O–H groups in total. The highest BCUT2D eigenvalue weighted by Gasteiger charge is 2.73. The van der Waals surface area contributed by atoms with E-state index in [2.05, 4.69) is 9.47 Å². The predicted molar refractivity (Wildman–Crippen MR) is 95.3 cm³/mol. The van der Waals surface area contributed by atoms with Crippen LogP contribution >= 0.6 is 0 Å². The molecule has 0 bridgehead atoms. The van der Waals surface area contributed by atoms with Gasteiger partial charge in [0.15, 0.2) is 5.75 Å². The first kappa shape index (κ1) is 23.8. The number of halogens is 6. The van der Waals surface area contributed by atoms with Crippen LogP contribution in [0.1, 0.15) is 23.2 Å². The first-order chi connectivity index (χ1) is 13.5. The Hall–Kier alpha value is -1.46. The van der Waals surface area contributed by atoms with Crippen LogP contribution in [-0.2, 0) is 20.4 Å². The van der Waals surface area contributed by atoms with Crippen LogP contribution in [0.5, 0.6) is 5.75 Å². The van der Waals surface area contributed by atoms with E-state index in [1.807, 2.05) is 0 Å². The maximum absolute atomic E-state index is 13.2. The van der Waals surface area contributed by atoms with Gasteiger partial charge in [-0.25, -0.2) is 0 Å². The maximum Gasteiger partial charge on any atom is 0.430 e. The molecule has 11 heteroatoms. The second-order valence-corrected chi connectivity index (χ2v) is 8.81. The number of methoxy groups -OCH3 is 1. The third-order valence-corrected chi connectivity index (χ3v) is 6.81. The van der Waals surface area contributed by atoms with Gasteiger partial charge in [-0.3, -0.25) is 4.79 Å². The number of ketones is 1. The van der Waals surface area contributed by atoms with Gasteiger partial charge < -0.3 is 14.2 Å². The van der Waals surface area contributed by atoms with Crippen molar-refractivity contribution >= 4 is 16.7 Å². The van der Waals surface area contributed by atoms with Gasteiger partial charge >= 0.3 is 12.4 Å². The molecule has 4 nitrogen and oxygen atoms in total. The predicted octanol–water partition coefficient (Wildman–Crippen LogP) is 4.14. The van der Waals surface area contributed by atoms with E-state index in [9.17, 15) is 31.1 Å².